The van der Waals surface area contributed by atoms with Crippen LogP contribution in [0.1, 0.15) is 0 Å². The van der Waals surface area contributed by atoms with E-state index < -0.39 is 77.0 Å². The van der Waals surface area contributed by atoms with Gasteiger partial charge < -0.3 is 0 Å². The summed E-state index contributed by atoms with van der Waals surface area (Å²) >= 11 is 0. The number of nitrogens with zero attached hydrogens (tertiary/aromatic N) is 1. The van der Waals surface area contributed by atoms with Gasteiger partial charge in [-0.1, -0.05) is 4.90 Å². The summed E-state index contributed by atoms with van der Waals surface area (Å²) in [4.78, 5) is 6.01. The van der Waals surface area contributed by atoms with E-state index in [9.17, 15) is 115 Å². The third-order valence-corrected chi connectivity index (χ3v) is 4.11. The van der Waals surface area contributed by atoms with E-state index in [-0.39, 0.29) is 0 Å². The van der Waals surface area contributed by atoms with Crippen molar-refractivity contribution in [3.63, 3.8) is 0 Å². The Balaban J connectivity index is 7.79. The molecule has 0 saturated heterocycles. The summed E-state index contributed by atoms with van der Waals surface area (Å²) in [6, 6.07) is 0. The van der Waals surface area contributed by atoms with Gasteiger partial charge in [0, 0.05) is 0 Å². The van der Waals surface area contributed by atoms with Crippen molar-refractivity contribution in [3.8, 4) is 0 Å². The minimum atomic E-state index is -9.39. The van der Waals surface area contributed by atoms with Gasteiger partial charge in [-0.05, 0) is 0 Å². The van der Waals surface area contributed by atoms with E-state index in [0.717, 1.165) is 0 Å². The van der Waals surface area contributed by atoms with Gasteiger partial charge in [-0.3, -0.25) is 4.79 Å². The Bertz CT molecular complexity index is 901. The monoisotopic (exact) mass is 649 g/mol. The van der Waals surface area contributed by atoms with Gasteiger partial charge in [0.1, 0.15) is 0 Å². The fourth-order valence-corrected chi connectivity index (χ4v) is 2.19. The van der Waals surface area contributed by atoms with Crippen LogP contribution >= 0.6 is 0 Å². The van der Waals surface area contributed by atoms with Crippen LogP contribution in [-0.4, -0.2) is 77.0 Å². The summed E-state index contributed by atoms with van der Waals surface area (Å²) in [5.41, 5.74) is 0. The van der Waals surface area contributed by atoms with E-state index in [1.54, 1.807) is 0 Å². The van der Waals surface area contributed by atoms with Crippen molar-refractivity contribution in [2.24, 2.45) is 0 Å². The molecule has 0 aliphatic carbocycles. The van der Waals surface area contributed by atoms with Crippen molar-refractivity contribution in [2.75, 3.05) is 0 Å². The van der Waals surface area contributed by atoms with Crippen LogP contribution in [0.15, 0.2) is 0 Å². The minimum absolute atomic E-state index is 5.16. The second-order valence-electron chi connectivity index (χ2n) is 6.66. The van der Waals surface area contributed by atoms with Crippen LogP contribution in [0.3, 0.4) is 0 Å². The molecule has 27 heteroatoms. The number of hydrogen-bond acceptors (Lipinski definition) is 2. The predicted octanol–water partition coefficient (Wildman–Crippen LogP) is 7.50. The van der Waals surface area contributed by atoms with Gasteiger partial charge in [0.15, 0.2) is 0 Å². The smallest absolute Gasteiger partial charge is 0.287 e. The Kier molecular flexibility index (Phi) is 8.45. The molecule has 0 saturated carbocycles. The Morgan fingerprint density at radius 2 is 0.615 bits per heavy atom. The van der Waals surface area contributed by atoms with Crippen LogP contribution in [0.5, 0.6) is 0 Å². The van der Waals surface area contributed by atoms with E-state index in [2.05, 4.69) is 0 Å². The van der Waals surface area contributed by atoms with Crippen LogP contribution in [0, 0.1) is 0 Å². The minimum Gasteiger partial charge on any atom is -0.287 e. The first-order valence-electron chi connectivity index (χ1n) is 7.85. The molecule has 39 heavy (non-hydrogen) atoms. The lowest BCUT2D eigenvalue weighted by atomic mass is 9.86. The Labute approximate surface area is 193 Å². The zero-order valence-electron chi connectivity index (χ0n) is 16.3. The third kappa shape index (κ3) is 4.99. The summed E-state index contributed by atoms with van der Waals surface area (Å²) in [7, 11) is 0. The van der Waals surface area contributed by atoms with Crippen LogP contribution in [0.25, 0.3) is 0 Å². The lowest BCUT2D eigenvalue weighted by Crippen LogP contribution is -2.79. The number of Topliss-reactive ketones (excluding diaryl/α,β-unsaturated/α-hetero) is 1. The fraction of sp³-hybridized carbons (Fsp3) is 0.917. The lowest BCUT2D eigenvalue weighted by Gasteiger charge is -2.45. The summed E-state index contributed by atoms with van der Waals surface area (Å²) in [6.07, 6.45) is -33.4. The summed E-state index contributed by atoms with van der Waals surface area (Å²) in [6.45, 7) is 0. The molecule has 0 radical (unpaired) electrons. The number of rotatable bonds is 8. The maximum absolute atomic E-state index is 14.3. The van der Waals surface area contributed by atoms with Crippen molar-refractivity contribution >= 4 is 5.78 Å². The molecule has 0 fully saturated rings. The van der Waals surface area contributed by atoms with Crippen LogP contribution in [0.2, 0.25) is 0 Å². The quantitative estimate of drug-likeness (QED) is 0.201. The molecular weight excluding hydrogens is 649 g/mol. The van der Waals surface area contributed by atoms with Gasteiger partial charge in [0.2, 0.25) is 0 Å². The fourth-order valence-electron chi connectivity index (χ4n) is 2.19. The van der Waals surface area contributed by atoms with E-state index in [4.69, 9.17) is 0 Å². The molecule has 234 valence electrons. The number of carbonyl (C=O) groups is 1. The van der Waals surface area contributed by atoms with Gasteiger partial charge in [-0.2, -0.15) is 105 Å². The molecule has 0 bridgehead atoms. The highest BCUT2D eigenvalue weighted by atomic mass is 19.4. The molecular formula is C12F25NO. The van der Waals surface area contributed by atoms with E-state index >= 15 is 0 Å². The van der Waals surface area contributed by atoms with E-state index in [0.29, 0.717) is 0 Å². The second-order valence-corrected chi connectivity index (χ2v) is 6.66. The molecule has 0 N–H and O–H groups in total. The number of carbonyl (C=O) groups excluding carboxylic acids is 1. The maximum atomic E-state index is 14.3. The van der Waals surface area contributed by atoms with Crippen LogP contribution < -0.4 is 0 Å². The predicted molar refractivity (Wildman–Crippen MR) is 64.6 cm³/mol. The Morgan fingerprint density at radius 3 is 0.846 bits per heavy atom. The van der Waals surface area contributed by atoms with Crippen molar-refractivity contribution in [2.45, 2.75) is 66.3 Å². The topological polar surface area (TPSA) is 20.3 Å². The van der Waals surface area contributed by atoms with E-state index in [1.807, 2.05) is 0 Å². The number of hydrogen-bond donors (Lipinski definition) is 0. The van der Waals surface area contributed by atoms with Gasteiger partial charge in [0.25, 0.3) is 5.78 Å². The van der Waals surface area contributed by atoms with Crippen molar-refractivity contribution < 1.29 is 115 Å². The van der Waals surface area contributed by atoms with Gasteiger partial charge in [-0.15, -0.1) is 0 Å². The molecule has 0 aromatic heterocycles. The molecule has 0 aromatic rings. The molecule has 1 unspecified atom stereocenters. The first kappa shape index (κ1) is 36.9. The molecule has 0 heterocycles. The average molecular weight is 649 g/mol. The third-order valence-electron chi connectivity index (χ3n) is 4.11. The van der Waals surface area contributed by atoms with E-state index in [1.165, 1.54) is 0 Å². The van der Waals surface area contributed by atoms with Gasteiger partial charge >= 0.3 is 66.3 Å². The summed E-state index contributed by atoms with van der Waals surface area (Å²) in [5.74, 6) is -70.5. The van der Waals surface area contributed by atoms with Crippen molar-refractivity contribution in [1.82, 2.24) is 4.90 Å². The SMILES string of the molecule is O=C(C(F)(F)C(F)(F)C(F)(F)C(F)(F)C(F)(F)C(F)(F)F)C(F)(N(C(F)(F)F)C(F)(F)F)C(F)(F)C(F)(F)F. The highest BCUT2D eigenvalue weighted by Crippen LogP contribution is 2.63. The van der Waals surface area contributed by atoms with Crippen LogP contribution in [0.4, 0.5) is 110 Å². The highest BCUT2D eigenvalue weighted by molar-refractivity contribution is 5.95. The average Bonchev–Trinajstić information content (AvgIpc) is 2.62. The van der Waals surface area contributed by atoms with Crippen molar-refractivity contribution in [3.05, 3.63) is 0 Å². The molecule has 0 aromatic carbocycles. The van der Waals surface area contributed by atoms with Crippen molar-refractivity contribution in [1.29, 1.82) is 0 Å². The Hall–Kier alpha value is -2.12. The molecule has 1 atom stereocenters. The summed E-state index contributed by atoms with van der Waals surface area (Å²) < 4.78 is 322. The molecule has 0 spiro atoms. The van der Waals surface area contributed by atoms with Gasteiger partial charge in [0.05, 0.1) is 0 Å². The number of alkyl halides is 25. The molecule has 0 aliphatic heterocycles. The summed E-state index contributed by atoms with van der Waals surface area (Å²) in [5, 5.41) is 0. The molecule has 0 rings (SSSR count). The lowest BCUT2D eigenvalue weighted by molar-refractivity contribution is -0.459. The van der Waals surface area contributed by atoms with Gasteiger partial charge in [-0.25, -0.2) is 4.39 Å². The molecule has 0 aliphatic rings. The zero-order valence-corrected chi connectivity index (χ0v) is 16.3. The first-order chi connectivity index (χ1) is 16.3. The second kappa shape index (κ2) is 8.94. The van der Waals surface area contributed by atoms with Crippen LogP contribution in [-0.2, 0) is 4.79 Å². The Morgan fingerprint density at radius 1 is 0.359 bits per heavy atom. The normalized spacial score (nSPS) is 17.9. The number of halogens is 25. The highest BCUT2D eigenvalue weighted by Gasteiger charge is 2.95. The largest absolute Gasteiger partial charge is 0.470 e. The number of ketones is 1. The zero-order chi connectivity index (χ0) is 32.7. The first-order valence-corrected chi connectivity index (χ1v) is 7.85. The molecule has 0 amide bonds. The molecule has 2 nitrogen and oxygen atoms in total. The maximum Gasteiger partial charge on any atom is 0.470 e. The standard InChI is InChI=1S/C12F25NO/c13-2(14,4(16,17)6(20,21)7(22,23)8(24,25)10(29,30)31)1(39)3(15,5(18,19)9(26,27)28)38(11(32,33)34)12(35,36)37.